The van der Waals surface area contributed by atoms with E-state index >= 15 is 0 Å². The van der Waals surface area contributed by atoms with Gasteiger partial charge in [0.15, 0.2) is 0 Å². The fraction of sp³-hybridized carbons (Fsp3) is 0. The lowest BCUT2D eigenvalue weighted by Gasteiger charge is -1.99. The van der Waals surface area contributed by atoms with Crippen LogP contribution in [0, 0.1) is 11.6 Å². The normalized spacial score (nSPS) is 10.4. The van der Waals surface area contributed by atoms with Crippen molar-refractivity contribution in [1.82, 2.24) is 0 Å². The Labute approximate surface area is 93.8 Å². The summed E-state index contributed by atoms with van der Waals surface area (Å²) in [4.78, 5) is 11.1. The number of carboxylic acid groups (broad SMARTS) is 1. The van der Waals surface area contributed by atoms with Gasteiger partial charge < -0.3 is 5.11 Å². The number of rotatable bonds is 2. The standard InChI is InChI=1S/C11H6F2O2S/c12-6-1-2-8(13)7(5-6)9-3-4-10(16-9)11(14)15/h1-5H,(H,14,15). The van der Waals surface area contributed by atoms with Crippen LogP contribution in [0.3, 0.4) is 0 Å². The van der Waals surface area contributed by atoms with Gasteiger partial charge in [-0.3, -0.25) is 0 Å². The Bertz CT molecular complexity index is 549. The molecule has 0 amide bonds. The third-order valence-corrected chi connectivity index (χ3v) is 3.12. The Morgan fingerprint density at radius 3 is 2.56 bits per heavy atom. The van der Waals surface area contributed by atoms with Gasteiger partial charge in [-0.2, -0.15) is 0 Å². The lowest BCUT2D eigenvalue weighted by Crippen LogP contribution is -1.89. The minimum absolute atomic E-state index is 0.0810. The van der Waals surface area contributed by atoms with Gasteiger partial charge in [-0.1, -0.05) is 0 Å². The fourth-order valence-corrected chi connectivity index (χ4v) is 2.15. The number of hydrogen-bond donors (Lipinski definition) is 1. The summed E-state index contributed by atoms with van der Waals surface area (Å²) >= 11 is 0.911. The van der Waals surface area contributed by atoms with Crippen molar-refractivity contribution in [3.05, 3.63) is 46.8 Å². The predicted molar refractivity (Wildman–Crippen MR) is 56.6 cm³/mol. The van der Waals surface area contributed by atoms with Crippen molar-refractivity contribution in [3.8, 4) is 10.4 Å². The summed E-state index contributed by atoms with van der Waals surface area (Å²) in [6.45, 7) is 0. The molecule has 0 atom stereocenters. The number of thiophene rings is 1. The first-order chi connectivity index (χ1) is 7.58. The van der Waals surface area contributed by atoms with Crippen LogP contribution in [0.5, 0.6) is 0 Å². The van der Waals surface area contributed by atoms with Crippen molar-refractivity contribution in [3.63, 3.8) is 0 Å². The number of carboxylic acids is 1. The van der Waals surface area contributed by atoms with Gasteiger partial charge >= 0.3 is 5.97 Å². The molecule has 0 fully saturated rings. The van der Waals surface area contributed by atoms with Crippen molar-refractivity contribution in [2.75, 3.05) is 0 Å². The number of aromatic carboxylic acids is 1. The van der Waals surface area contributed by atoms with Gasteiger partial charge in [0.2, 0.25) is 0 Å². The summed E-state index contributed by atoms with van der Waals surface area (Å²) in [6, 6.07) is 5.92. The monoisotopic (exact) mass is 240 g/mol. The molecular formula is C11H6F2O2S. The van der Waals surface area contributed by atoms with Crippen LogP contribution in [-0.4, -0.2) is 11.1 Å². The van der Waals surface area contributed by atoms with Crippen LogP contribution in [0.25, 0.3) is 10.4 Å². The maximum absolute atomic E-state index is 13.4. The van der Waals surface area contributed by atoms with Crippen molar-refractivity contribution in [2.24, 2.45) is 0 Å². The molecule has 1 aromatic carbocycles. The lowest BCUT2D eigenvalue weighted by molar-refractivity contribution is 0.0702. The summed E-state index contributed by atoms with van der Waals surface area (Å²) in [5, 5.41) is 8.71. The Balaban J connectivity index is 2.50. The van der Waals surface area contributed by atoms with Gasteiger partial charge in [0.1, 0.15) is 16.5 Å². The number of halogens is 2. The zero-order valence-corrected chi connectivity index (χ0v) is 8.72. The highest BCUT2D eigenvalue weighted by molar-refractivity contribution is 7.17. The van der Waals surface area contributed by atoms with E-state index in [2.05, 4.69) is 0 Å². The third kappa shape index (κ3) is 1.94. The summed E-state index contributed by atoms with van der Waals surface area (Å²) in [5.41, 5.74) is 0.0810. The van der Waals surface area contributed by atoms with E-state index in [1.165, 1.54) is 12.1 Å². The van der Waals surface area contributed by atoms with Gasteiger partial charge in [0.05, 0.1) is 0 Å². The first-order valence-corrected chi connectivity index (χ1v) is 5.18. The van der Waals surface area contributed by atoms with E-state index in [4.69, 9.17) is 5.11 Å². The molecule has 0 aliphatic carbocycles. The van der Waals surface area contributed by atoms with Crippen molar-refractivity contribution in [2.45, 2.75) is 0 Å². The van der Waals surface area contributed by atoms with Gasteiger partial charge in [-0.05, 0) is 30.3 Å². The lowest BCUT2D eigenvalue weighted by atomic mass is 10.2. The number of benzene rings is 1. The van der Waals surface area contributed by atoms with Crippen LogP contribution in [0.1, 0.15) is 9.67 Å². The van der Waals surface area contributed by atoms with Crippen LogP contribution in [0.2, 0.25) is 0 Å². The SMILES string of the molecule is O=C(O)c1ccc(-c2cc(F)ccc2F)s1. The maximum atomic E-state index is 13.4. The van der Waals surface area contributed by atoms with Crippen LogP contribution in [0.15, 0.2) is 30.3 Å². The average molecular weight is 240 g/mol. The van der Waals surface area contributed by atoms with Crippen molar-refractivity contribution < 1.29 is 18.7 Å². The van der Waals surface area contributed by atoms with Crippen LogP contribution in [0.4, 0.5) is 8.78 Å². The van der Waals surface area contributed by atoms with Crippen LogP contribution >= 0.6 is 11.3 Å². The van der Waals surface area contributed by atoms with E-state index in [1.807, 2.05) is 0 Å². The fourth-order valence-electron chi connectivity index (χ4n) is 1.28. The molecule has 1 aromatic heterocycles. The molecular weight excluding hydrogens is 234 g/mol. The second kappa shape index (κ2) is 4.02. The maximum Gasteiger partial charge on any atom is 0.345 e. The van der Waals surface area contributed by atoms with E-state index in [1.54, 1.807) is 0 Å². The van der Waals surface area contributed by atoms with Gasteiger partial charge in [0, 0.05) is 10.4 Å². The molecule has 0 bridgehead atoms. The second-order valence-corrected chi connectivity index (χ2v) is 4.18. The van der Waals surface area contributed by atoms with E-state index < -0.39 is 17.6 Å². The molecule has 2 nitrogen and oxygen atoms in total. The Morgan fingerprint density at radius 2 is 1.94 bits per heavy atom. The smallest absolute Gasteiger partial charge is 0.345 e. The zero-order chi connectivity index (χ0) is 11.7. The highest BCUT2D eigenvalue weighted by Crippen LogP contribution is 2.30. The molecule has 2 aromatic rings. The third-order valence-electron chi connectivity index (χ3n) is 2.01. The average Bonchev–Trinajstić information content (AvgIpc) is 2.70. The summed E-state index contributed by atoms with van der Waals surface area (Å²) in [7, 11) is 0. The summed E-state index contributed by atoms with van der Waals surface area (Å²) < 4.78 is 26.3. The van der Waals surface area contributed by atoms with Crippen molar-refractivity contribution >= 4 is 17.3 Å². The van der Waals surface area contributed by atoms with E-state index in [0.29, 0.717) is 4.88 Å². The summed E-state index contributed by atoms with van der Waals surface area (Å²) in [6.07, 6.45) is 0. The van der Waals surface area contributed by atoms with Crippen LogP contribution in [-0.2, 0) is 0 Å². The van der Waals surface area contributed by atoms with Crippen LogP contribution < -0.4 is 0 Å². The van der Waals surface area contributed by atoms with Gasteiger partial charge in [0.25, 0.3) is 0 Å². The molecule has 2 rings (SSSR count). The van der Waals surface area contributed by atoms with E-state index in [9.17, 15) is 13.6 Å². The van der Waals surface area contributed by atoms with E-state index in [0.717, 1.165) is 29.5 Å². The van der Waals surface area contributed by atoms with Gasteiger partial charge in [-0.15, -0.1) is 11.3 Å². The number of hydrogen-bond acceptors (Lipinski definition) is 2. The topological polar surface area (TPSA) is 37.3 Å². The molecule has 82 valence electrons. The minimum atomic E-state index is -1.08. The minimum Gasteiger partial charge on any atom is -0.477 e. The Hall–Kier alpha value is -1.75. The molecule has 1 heterocycles. The molecule has 16 heavy (non-hydrogen) atoms. The molecule has 5 heteroatoms. The molecule has 0 unspecified atom stereocenters. The Morgan fingerprint density at radius 1 is 1.19 bits per heavy atom. The first-order valence-electron chi connectivity index (χ1n) is 4.36. The highest BCUT2D eigenvalue weighted by Gasteiger charge is 2.12. The molecule has 1 N–H and O–H groups in total. The molecule has 0 saturated heterocycles. The largest absolute Gasteiger partial charge is 0.477 e. The van der Waals surface area contributed by atoms with Gasteiger partial charge in [-0.25, -0.2) is 13.6 Å². The highest BCUT2D eigenvalue weighted by atomic mass is 32.1. The predicted octanol–water partition coefficient (Wildman–Crippen LogP) is 3.39. The summed E-state index contributed by atoms with van der Waals surface area (Å²) in [5.74, 6) is -2.20. The second-order valence-electron chi connectivity index (χ2n) is 3.09. The van der Waals surface area contributed by atoms with Crippen molar-refractivity contribution in [1.29, 1.82) is 0 Å². The molecule has 0 saturated carbocycles. The zero-order valence-electron chi connectivity index (χ0n) is 7.91. The quantitative estimate of drug-likeness (QED) is 0.873. The Kier molecular flexibility index (Phi) is 2.70. The molecule has 0 aliphatic rings. The number of carbonyl (C=O) groups is 1. The molecule has 0 spiro atoms. The molecule has 0 radical (unpaired) electrons. The molecule has 0 aliphatic heterocycles. The van der Waals surface area contributed by atoms with E-state index in [-0.39, 0.29) is 10.4 Å². The first kappa shape index (κ1) is 10.8.